The summed E-state index contributed by atoms with van der Waals surface area (Å²) in [6.07, 6.45) is 6.23. The molecule has 0 bridgehead atoms. The number of allylic oxidation sites excluding steroid dienone is 4. The fourth-order valence-electron chi connectivity index (χ4n) is 2.47. The van der Waals surface area contributed by atoms with Gasteiger partial charge in [-0.25, -0.2) is 4.98 Å². The smallest absolute Gasteiger partial charge is 0.227 e. The number of hydrogen-bond acceptors (Lipinski definition) is 3. The van der Waals surface area contributed by atoms with Crippen LogP contribution in [0.5, 0.6) is 0 Å². The van der Waals surface area contributed by atoms with Crippen LogP contribution >= 0.6 is 0 Å². The van der Waals surface area contributed by atoms with Crippen molar-refractivity contribution >= 4 is 28.6 Å². The number of fused-ring (bicyclic) bond motifs is 1. The van der Waals surface area contributed by atoms with Crippen molar-refractivity contribution < 1.29 is 4.79 Å². The summed E-state index contributed by atoms with van der Waals surface area (Å²) in [5.74, 6) is 0.415. The van der Waals surface area contributed by atoms with E-state index >= 15 is 0 Å². The van der Waals surface area contributed by atoms with E-state index in [9.17, 15) is 4.79 Å². The zero-order chi connectivity index (χ0) is 16.6. The Balaban J connectivity index is 2.03. The van der Waals surface area contributed by atoms with Gasteiger partial charge in [-0.05, 0) is 35.8 Å². The first-order valence-electron chi connectivity index (χ1n) is 7.48. The van der Waals surface area contributed by atoms with Gasteiger partial charge in [0.25, 0.3) is 0 Å². The van der Waals surface area contributed by atoms with Crippen LogP contribution in [0, 0.1) is 16.7 Å². The number of imidazole rings is 1. The van der Waals surface area contributed by atoms with E-state index in [4.69, 9.17) is 5.26 Å². The third kappa shape index (κ3) is 3.02. The molecule has 1 aliphatic rings. The summed E-state index contributed by atoms with van der Waals surface area (Å²) in [6, 6.07) is 7.45. The van der Waals surface area contributed by atoms with E-state index in [1.807, 2.05) is 43.6 Å². The van der Waals surface area contributed by atoms with Gasteiger partial charge in [0.15, 0.2) is 0 Å². The Hall–Kier alpha value is -2.87. The second kappa shape index (κ2) is 5.40. The van der Waals surface area contributed by atoms with E-state index in [1.54, 1.807) is 18.2 Å². The molecule has 0 radical (unpaired) electrons. The minimum absolute atomic E-state index is 0.0709. The molecule has 1 aliphatic carbocycles. The molecule has 0 saturated heterocycles. The molecule has 23 heavy (non-hydrogen) atoms. The maximum atomic E-state index is 12.3. The van der Waals surface area contributed by atoms with Crippen LogP contribution in [0.2, 0.25) is 0 Å². The zero-order valence-corrected chi connectivity index (χ0v) is 13.4. The number of carbonyl (C=O) groups is 1. The third-order valence-electron chi connectivity index (χ3n) is 3.52. The molecule has 0 atom stereocenters. The fraction of sp³-hybridized carbons (Fsp3) is 0.278. The number of hydrogen-bond donors (Lipinski definition) is 1. The summed E-state index contributed by atoms with van der Waals surface area (Å²) in [5.41, 5.74) is 2.97. The number of nitrogens with zero attached hydrogens (tertiary/aromatic N) is 3. The topological polar surface area (TPSA) is 70.7 Å². The lowest BCUT2D eigenvalue weighted by atomic mass is 9.92. The normalized spacial score (nSPS) is 13.4. The summed E-state index contributed by atoms with van der Waals surface area (Å²) < 4.78 is 1.87. The van der Waals surface area contributed by atoms with Crippen molar-refractivity contribution in [3.63, 3.8) is 0 Å². The molecule has 3 rings (SSSR count). The van der Waals surface area contributed by atoms with Crippen molar-refractivity contribution in [1.29, 1.82) is 5.26 Å². The van der Waals surface area contributed by atoms with Gasteiger partial charge in [-0.1, -0.05) is 26.8 Å². The van der Waals surface area contributed by atoms with E-state index in [1.165, 1.54) is 0 Å². The molecule has 0 unspecified atom stereocenters. The van der Waals surface area contributed by atoms with E-state index in [2.05, 4.69) is 16.4 Å². The number of rotatable bonds is 3. The standard InChI is InChI=1S/C18H18N4O/c1-18(2,3)10-16(23)21-17-20-14-8-7-12(11-19)9-15(14)22(17)13-5-4-6-13/h4-9H,10H2,1-3H3,(H,20,21,23). The number of amides is 1. The quantitative estimate of drug-likeness (QED) is 0.940. The van der Waals surface area contributed by atoms with Gasteiger partial charge in [-0.15, -0.1) is 0 Å². The lowest BCUT2D eigenvalue weighted by Crippen LogP contribution is -2.21. The summed E-state index contributed by atoms with van der Waals surface area (Å²) in [6.45, 7) is 6.06. The van der Waals surface area contributed by atoms with Crippen LogP contribution in [0.3, 0.4) is 0 Å². The maximum absolute atomic E-state index is 12.3. The number of nitriles is 1. The van der Waals surface area contributed by atoms with Crippen molar-refractivity contribution in [2.45, 2.75) is 27.2 Å². The highest BCUT2D eigenvalue weighted by Gasteiger charge is 2.20. The summed E-state index contributed by atoms with van der Waals surface area (Å²) in [7, 11) is 0. The van der Waals surface area contributed by atoms with Gasteiger partial charge < -0.3 is 0 Å². The number of anilines is 1. The molecule has 116 valence electrons. The van der Waals surface area contributed by atoms with E-state index < -0.39 is 0 Å². The lowest BCUT2D eigenvalue weighted by Gasteiger charge is -2.18. The summed E-state index contributed by atoms with van der Waals surface area (Å²) >= 11 is 0. The number of aromatic nitrogens is 2. The highest BCUT2D eigenvalue weighted by Crippen LogP contribution is 2.29. The molecule has 1 aromatic carbocycles. The van der Waals surface area contributed by atoms with Gasteiger partial charge in [-0.3, -0.25) is 14.7 Å². The molecular formula is C18H18N4O. The Kier molecular flexibility index (Phi) is 3.53. The second-order valence-electron chi connectivity index (χ2n) is 6.82. The van der Waals surface area contributed by atoms with Gasteiger partial charge in [0.05, 0.1) is 22.7 Å². The van der Waals surface area contributed by atoms with Crippen molar-refractivity contribution in [2.24, 2.45) is 5.41 Å². The van der Waals surface area contributed by atoms with Crippen LogP contribution in [0.1, 0.15) is 32.8 Å². The SMILES string of the molecule is CC(C)(C)CC(=O)Nc1nc2ccc(C#N)cc2n1C1=CC=C1. The molecule has 5 heteroatoms. The van der Waals surface area contributed by atoms with Crippen molar-refractivity contribution in [1.82, 2.24) is 9.55 Å². The Morgan fingerprint density at radius 3 is 2.70 bits per heavy atom. The summed E-state index contributed by atoms with van der Waals surface area (Å²) in [5, 5.41) is 12.0. The van der Waals surface area contributed by atoms with Gasteiger partial charge >= 0.3 is 0 Å². The Labute approximate surface area is 134 Å². The van der Waals surface area contributed by atoms with Crippen LogP contribution in [0.15, 0.2) is 36.4 Å². The molecule has 1 N–H and O–H groups in total. The van der Waals surface area contributed by atoms with Crippen LogP contribution < -0.4 is 5.32 Å². The first-order valence-corrected chi connectivity index (χ1v) is 7.48. The number of benzene rings is 1. The molecule has 1 aromatic heterocycles. The molecule has 5 nitrogen and oxygen atoms in total. The van der Waals surface area contributed by atoms with Gasteiger partial charge in [0.2, 0.25) is 11.9 Å². The second-order valence-corrected chi connectivity index (χ2v) is 6.82. The molecule has 0 aliphatic heterocycles. The zero-order valence-electron chi connectivity index (χ0n) is 13.4. The van der Waals surface area contributed by atoms with Gasteiger partial charge in [0.1, 0.15) is 0 Å². The van der Waals surface area contributed by atoms with Crippen LogP contribution in [0.4, 0.5) is 5.95 Å². The maximum Gasteiger partial charge on any atom is 0.227 e. The van der Waals surface area contributed by atoms with Gasteiger partial charge in [0, 0.05) is 12.1 Å². The molecular weight excluding hydrogens is 288 g/mol. The van der Waals surface area contributed by atoms with E-state index in [0.29, 0.717) is 17.9 Å². The average molecular weight is 306 g/mol. The Morgan fingerprint density at radius 2 is 2.13 bits per heavy atom. The Morgan fingerprint density at radius 1 is 1.39 bits per heavy atom. The van der Waals surface area contributed by atoms with Crippen LogP contribution in [-0.4, -0.2) is 15.5 Å². The van der Waals surface area contributed by atoms with E-state index in [-0.39, 0.29) is 11.3 Å². The first kappa shape index (κ1) is 15.0. The average Bonchev–Trinajstić information content (AvgIpc) is 2.72. The van der Waals surface area contributed by atoms with Crippen molar-refractivity contribution in [2.75, 3.05) is 5.32 Å². The number of nitrogens with one attached hydrogen (secondary N) is 1. The Bertz CT molecular complexity index is 888. The van der Waals surface area contributed by atoms with Crippen molar-refractivity contribution in [3.05, 3.63) is 42.0 Å². The molecule has 0 fully saturated rings. The van der Waals surface area contributed by atoms with E-state index in [0.717, 1.165) is 16.7 Å². The molecule has 0 saturated carbocycles. The monoisotopic (exact) mass is 306 g/mol. The molecule has 2 aromatic rings. The largest absolute Gasteiger partial charge is 0.296 e. The predicted octanol–water partition coefficient (Wildman–Crippen LogP) is 3.69. The molecule has 1 heterocycles. The predicted molar refractivity (Wildman–Crippen MR) is 90.6 cm³/mol. The molecule has 0 spiro atoms. The molecule has 1 amide bonds. The highest BCUT2D eigenvalue weighted by molar-refractivity contribution is 5.95. The van der Waals surface area contributed by atoms with Crippen molar-refractivity contribution in [3.8, 4) is 6.07 Å². The third-order valence-corrected chi connectivity index (χ3v) is 3.52. The minimum Gasteiger partial charge on any atom is -0.296 e. The first-order chi connectivity index (χ1) is 10.9. The highest BCUT2D eigenvalue weighted by atomic mass is 16.1. The minimum atomic E-state index is -0.0927. The van der Waals surface area contributed by atoms with Gasteiger partial charge in [-0.2, -0.15) is 5.26 Å². The summed E-state index contributed by atoms with van der Waals surface area (Å²) in [4.78, 5) is 16.8. The number of carbonyl (C=O) groups excluding carboxylic acids is 1. The fourth-order valence-corrected chi connectivity index (χ4v) is 2.47. The lowest BCUT2D eigenvalue weighted by molar-refractivity contribution is -0.117. The van der Waals surface area contributed by atoms with Crippen LogP contribution in [0.25, 0.3) is 16.7 Å². The van der Waals surface area contributed by atoms with Crippen LogP contribution in [-0.2, 0) is 4.79 Å².